The third-order valence-electron chi connectivity index (χ3n) is 8.16. The van der Waals surface area contributed by atoms with E-state index in [0.29, 0.717) is 38.2 Å². The zero-order valence-corrected chi connectivity index (χ0v) is 22.6. The summed E-state index contributed by atoms with van der Waals surface area (Å²) in [5, 5.41) is 2.19. The molecule has 3 heterocycles. The van der Waals surface area contributed by atoms with E-state index in [1.54, 1.807) is 25.2 Å². The Balaban J connectivity index is 1.28. The minimum absolute atomic E-state index is 0.0338. The molecule has 3 aliphatic rings. The Morgan fingerprint density at radius 2 is 1.73 bits per heavy atom. The van der Waals surface area contributed by atoms with Crippen molar-refractivity contribution in [1.29, 1.82) is 0 Å². The number of alkyl halides is 3. The van der Waals surface area contributed by atoms with Crippen molar-refractivity contribution in [3.63, 3.8) is 0 Å². The number of halogens is 3. The van der Waals surface area contributed by atoms with Crippen molar-refractivity contribution < 1.29 is 37.1 Å². The molecule has 1 atom stereocenters. The van der Waals surface area contributed by atoms with E-state index in [1.165, 1.54) is 17.0 Å². The minimum atomic E-state index is -4.55. The summed E-state index contributed by atoms with van der Waals surface area (Å²) >= 11 is 0. The number of amides is 5. The fourth-order valence-electron chi connectivity index (χ4n) is 5.90. The molecule has 216 valence electrons. The quantitative estimate of drug-likeness (QED) is 0.552. The highest BCUT2D eigenvalue weighted by molar-refractivity contribution is 6.25. The van der Waals surface area contributed by atoms with Gasteiger partial charge >= 0.3 is 6.18 Å². The fourth-order valence-corrected chi connectivity index (χ4v) is 5.90. The Bertz CT molecular complexity index is 1450. The second-order valence-corrected chi connectivity index (χ2v) is 11.2. The van der Waals surface area contributed by atoms with E-state index in [-0.39, 0.29) is 34.9 Å². The van der Waals surface area contributed by atoms with Gasteiger partial charge in [-0.3, -0.25) is 34.2 Å². The van der Waals surface area contributed by atoms with Gasteiger partial charge < -0.3 is 9.80 Å². The Kier molecular flexibility index (Phi) is 7.12. The maximum Gasteiger partial charge on any atom is 0.416 e. The predicted octanol–water partition coefficient (Wildman–Crippen LogP) is 3.49. The first-order valence-electron chi connectivity index (χ1n) is 13.3. The van der Waals surface area contributed by atoms with E-state index in [2.05, 4.69) is 5.32 Å². The van der Waals surface area contributed by atoms with Crippen LogP contribution in [0.1, 0.15) is 69.2 Å². The molecule has 0 bridgehead atoms. The molecule has 12 heteroatoms. The van der Waals surface area contributed by atoms with Crippen molar-refractivity contribution >= 4 is 35.2 Å². The average Bonchev–Trinajstić information content (AvgIpc) is 3.18. The third-order valence-corrected chi connectivity index (χ3v) is 8.16. The summed E-state index contributed by atoms with van der Waals surface area (Å²) in [6, 6.07) is 8.30. The van der Waals surface area contributed by atoms with Gasteiger partial charge in [0.25, 0.3) is 17.7 Å². The highest BCUT2D eigenvalue weighted by Gasteiger charge is 2.46. The molecule has 5 amide bonds. The number of fused-ring (bicyclic) bond motifs is 1. The van der Waals surface area contributed by atoms with Gasteiger partial charge in [-0.15, -0.1) is 0 Å². The molecule has 0 spiro atoms. The number of carbonyl (C=O) groups excluding carboxylic acids is 5. The lowest BCUT2D eigenvalue weighted by Crippen LogP contribution is -2.54. The molecule has 2 aromatic rings. The van der Waals surface area contributed by atoms with Crippen LogP contribution in [0.4, 0.5) is 18.9 Å². The van der Waals surface area contributed by atoms with Crippen LogP contribution in [0.5, 0.6) is 0 Å². The van der Waals surface area contributed by atoms with Gasteiger partial charge in [-0.1, -0.05) is 19.1 Å². The standard InChI is InChI=1S/C29H29F3N4O5/c1-28(16-34(2)25(39)17-5-3-6-18(15-17)29(30,31)32)11-13-35(14-12-28)20-8-4-7-19-23(20)27(41)36(26(19)40)21-9-10-22(37)33-24(21)38/h3-8,15,21H,9-14,16H2,1-2H3,(H,33,37,38). The van der Waals surface area contributed by atoms with Crippen molar-refractivity contribution in [2.75, 3.05) is 31.6 Å². The minimum Gasteiger partial charge on any atom is -0.371 e. The third kappa shape index (κ3) is 5.30. The van der Waals surface area contributed by atoms with Gasteiger partial charge in [0, 0.05) is 38.7 Å². The molecule has 1 unspecified atom stereocenters. The summed E-state index contributed by atoms with van der Waals surface area (Å²) in [6.07, 6.45) is -3.20. The zero-order valence-electron chi connectivity index (χ0n) is 22.6. The number of anilines is 1. The Morgan fingerprint density at radius 3 is 2.39 bits per heavy atom. The van der Waals surface area contributed by atoms with Crippen molar-refractivity contribution in [2.24, 2.45) is 5.41 Å². The van der Waals surface area contributed by atoms with E-state index in [1.807, 2.05) is 11.8 Å². The fraction of sp³-hybridized carbons (Fsp3) is 0.414. The SMILES string of the molecule is CN(CC1(C)CCN(c2cccc3c2C(=O)N(C2CCC(=O)NC2=O)C3=O)CC1)C(=O)c1cccc(C(F)(F)F)c1. The van der Waals surface area contributed by atoms with Gasteiger partial charge in [0.1, 0.15) is 6.04 Å². The van der Waals surface area contributed by atoms with Crippen molar-refractivity contribution in [2.45, 2.75) is 44.8 Å². The molecule has 2 fully saturated rings. The smallest absolute Gasteiger partial charge is 0.371 e. The van der Waals surface area contributed by atoms with Crippen LogP contribution >= 0.6 is 0 Å². The number of piperidine rings is 2. The van der Waals surface area contributed by atoms with Gasteiger partial charge in [0.2, 0.25) is 11.8 Å². The maximum atomic E-state index is 13.5. The number of hydrogen-bond donors (Lipinski definition) is 1. The molecule has 2 aromatic carbocycles. The summed E-state index contributed by atoms with van der Waals surface area (Å²) in [5.74, 6) is -2.76. The lowest BCUT2D eigenvalue weighted by Gasteiger charge is -2.42. The molecule has 0 aliphatic carbocycles. The van der Waals surface area contributed by atoms with Crippen LogP contribution in [0.2, 0.25) is 0 Å². The molecular weight excluding hydrogens is 541 g/mol. The summed E-state index contributed by atoms with van der Waals surface area (Å²) in [4.78, 5) is 67.9. The normalized spacial score (nSPS) is 20.7. The number of nitrogens with zero attached hydrogens (tertiary/aromatic N) is 3. The summed E-state index contributed by atoms with van der Waals surface area (Å²) in [7, 11) is 1.57. The first-order valence-corrected chi connectivity index (χ1v) is 13.3. The van der Waals surface area contributed by atoms with E-state index in [0.717, 1.165) is 17.0 Å². The van der Waals surface area contributed by atoms with Gasteiger partial charge in [-0.05, 0) is 55.0 Å². The number of carbonyl (C=O) groups is 5. The molecule has 3 aliphatic heterocycles. The molecule has 0 radical (unpaired) electrons. The summed E-state index contributed by atoms with van der Waals surface area (Å²) in [5.41, 5.74) is -0.243. The van der Waals surface area contributed by atoms with Crippen molar-refractivity contribution in [3.05, 3.63) is 64.7 Å². The molecule has 5 rings (SSSR count). The van der Waals surface area contributed by atoms with Crippen LogP contribution in [-0.4, -0.2) is 72.1 Å². The average molecular weight is 571 g/mol. The van der Waals surface area contributed by atoms with Crippen LogP contribution in [0, 0.1) is 5.41 Å². The highest BCUT2D eigenvalue weighted by atomic mass is 19.4. The van der Waals surface area contributed by atoms with Gasteiger partial charge in [-0.25, -0.2) is 0 Å². The van der Waals surface area contributed by atoms with Gasteiger partial charge in [-0.2, -0.15) is 13.2 Å². The monoisotopic (exact) mass is 570 g/mol. The number of imide groups is 2. The lowest BCUT2D eigenvalue weighted by molar-refractivity contribution is -0.138. The van der Waals surface area contributed by atoms with Crippen LogP contribution in [0.25, 0.3) is 0 Å². The maximum absolute atomic E-state index is 13.5. The topological polar surface area (TPSA) is 107 Å². The number of benzene rings is 2. The number of nitrogens with one attached hydrogen (secondary N) is 1. The first kappa shape index (κ1) is 28.3. The second-order valence-electron chi connectivity index (χ2n) is 11.2. The molecule has 1 N–H and O–H groups in total. The zero-order chi connectivity index (χ0) is 29.7. The highest BCUT2D eigenvalue weighted by Crippen LogP contribution is 2.39. The van der Waals surface area contributed by atoms with E-state index in [4.69, 9.17) is 0 Å². The molecule has 0 aromatic heterocycles. The van der Waals surface area contributed by atoms with Crippen LogP contribution < -0.4 is 10.2 Å². The largest absolute Gasteiger partial charge is 0.416 e. The molecule has 41 heavy (non-hydrogen) atoms. The number of hydrogen-bond acceptors (Lipinski definition) is 6. The second kappa shape index (κ2) is 10.3. The van der Waals surface area contributed by atoms with Crippen molar-refractivity contribution in [3.8, 4) is 0 Å². The Morgan fingerprint density at radius 1 is 1.05 bits per heavy atom. The van der Waals surface area contributed by atoms with Gasteiger partial charge in [0.15, 0.2) is 0 Å². The van der Waals surface area contributed by atoms with E-state index < -0.39 is 47.3 Å². The van der Waals surface area contributed by atoms with E-state index in [9.17, 15) is 37.1 Å². The predicted molar refractivity (Wildman–Crippen MR) is 141 cm³/mol. The molecule has 9 nitrogen and oxygen atoms in total. The van der Waals surface area contributed by atoms with E-state index >= 15 is 0 Å². The molecule has 0 saturated carbocycles. The van der Waals surface area contributed by atoms with Crippen LogP contribution in [0.15, 0.2) is 42.5 Å². The summed E-state index contributed by atoms with van der Waals surface area (Å²) in [6.45, 7) is 3.36. The van der Waals surface area contributed by atoms with Crippen LogP contribution in [0.3, 0.4) is 0 Å². The molecule has 2 saturated heterocycles. The molecular formula is C29H29F3N4O5. The van der Waals surface area contributed by atoms with Crippen molar-refractivity contribution in [1.82, 2.24) is 15.1 Å². The first-order chi connectivity index (χ1) is 19.3. The van der Waals surface area contributed by atoms with Crippen LogP contribution in [-0.2, 0) is 15.8 Å². The lowest BCUT2D eigenvalue weighted by atomic mass is 9.79. The Labute approximate surface area is 234 Å². The Hall–Kier alpha value is -4.22. The summed E-state index contributed by atoms with van der Waals surface area (Å²) < 4.78 is 39.4. The van der Waals surface area contributed by atoms with Gasteiger partial charge in [0.05, 0.1) is 22.4 Å². The number of rotatable bonds is 5.